The van der Waals surface area contributed by atoms with Crippen molar-refractivity contribution in [2.24, 2.45) is 5.10 Å². The fourth-order valence-corrected chi connectivity index (χ4v) is 5.52. The normalized spacial score (nSPS) is 14.4. The zero-order valence-corrected chi connectivity index (χ0v) is 25.2. The van der Waals surface area contributed by atoms with Gasteiger partial charge in [0.15, 0.2) is 11.7 Å². The summed E-state index contributed by atoms with van der Waals surface area (Å²) in [5.74, 6) is 1.80. The van der Waals surface area contributed by atoms with Gasteiger partial charge in [-0.3, -0.25) is 4.90 Å². The van der Waals surface area contributed by atoms with Gasteiger partial charge in [-0.05, 0) is 65.8 Å². The fraction of sp³-hybridized carbons (Fsp3) is 0.222. The van der Waals surface area contributed by atoms with Gasteiger partial charge >= 0.3 is 0 Å². The van der Waals surface area contributed by atoms with Crippen molar-refractivity contribution in [1.82, 2.24) is 9.78 Å². The second-order valence-electron chi connectivity index (χ2n) is 11.7. The third kappa shape index (κ3) is 4.94. The topological polar surface area (TPSA) is 48.7 Å². The minimum absolute atomic E-state index is 0.171. The van der Waals surface area contributed by atoms with Crippen LogP contribution in [0.3, 0.4) is 0 Å². The molecule has 0 saturated carbocycles. The van der Waals surface area contributed by atoms with Crippen molar-refractivity contribution in [3.63, 3.8) is 0 Å². The van der Waals surface area contributed by atoms with Crippen LogP contribution in [0.25, 0.3) is 16.9 Å². The minimum Gasteiger partial charge on any atom is -0.366 e. The average Bonchev–Trinajstić information content (AvgIpc) is 3.48. The van der Waals surface area contributed by atoms with Crippen molar-refractivity contribution in [2.45, 2.75) is 53.2 Å². The fourth-order valence-electron chi connectivity index (χ4n) is 5.52. The molecule has 0 radical (unpaired) electrons. The molecular weight excluding hydrogens is 516 g/mol. The summed E-state index contributed by atoms with van der Waals surface area (Å²) in [6.07, 6.45) is 0. The van der Waals surface area contributed by atoms with Crippen molar-refractivity contribution >= 4 is 23.0 Å². The Morgan fingerprint density at radius 1 is 0.667 bits per heavy atom. The highest BCUT2D eigenvalue weighted by Crippen LogP contribution is 2.46. The summed E-state index contributed by atoms with van der Waals surface area (Å²) in [5, 5.41) is 16.6. The first-order valence-electron chi connectivity index (χ1n) is 14.6. The van der Waals surface area contributed by atoms with E-state index in [9.17, 15) is 0 Å². The van der Waals surface area contributed by atoms with E-state index in [1.807, 2.05) is 16.8 Å². The van der Waals surface area contributed by atoms with E-state index in [2.05, 4.69) is 154 Å². The maximum absolute atomic E-state index is 5.33. The van der Waals surface area contributed by atoms with Crippen molar-refractivity contribution < 1.29 is 0 Å². The van der Waals surface area contributed by atoms with Crippen LogP contribution < -0.4 is 15.2 Å². The molecule has 0 atom stereocenters. The van der Waals surface area contributed by atoms with Crippen molar-refractivity contribution in [1.29, 1.82) is 0 Å². The van der Waals surface area contributed by atoms with E-state index in [0.29, 0.717) is 0 Å². The van der Waals surface area contributed by atoms with Crippen molar-refractivity contribution in [3.8, 4) is 16.9 Å². The molecule has 1 aromatic heterocycles. The Bertz CT molecular complexity index is 1700. The lowest BCUT2D eigenvalue weighted by Gasteiger charge is -2.39. The number of benzene rings is 4. The summed E-state index contributed by atoms with van der Waals surface area (Å²) in [7, 11) is 0. The van der Waals surface area contributed by atoms with E-state index in [-0.39, 0.29) is 6.04 Å². The minimum atomic E-state index is -0.571. The van der Waals surface area contributed by atoms with E-state index in [1.54, 1.807) is 0 Å². The van der Waals surface area contributed by atoms with Gasteiger partial charge < -0.3 is 5.32 Å². The highest BCUT2D eigenvalue weighted by Gasteiger charge is 2.46. The van der Waals surface area contributed by atoms with Gasteiger partial charge in [0, 0.05) is 17.2 Å². The number of aromatic nitrogens is 2. The predicted octanol–water partition coefficient (Wildman–Crippen LogP) is 8.40. The quantitative estimate of drug-likeness (QED) is 0.219. The van der Waals surface area contributed by atoms with E-state index in [4.69, 9.17) is 10.2 Å². The number of hydrogen-bond donors (Lipinski definition) is 1. The summed E-state index contributed by atoms with van der Waals surface area (Å²) in [6, 6.07) is 38.2. The van der Waals surface area contributed by atoms with Crippen LogP contribution in [-0.4, -0.2) is 27.3 Å². The van der Waals surface area contributed by atoms with Gasteiger partial charge in [-0.1, -0.05) is 96.1 Å². The second kappa shape index (κ2) is 10.9. The Labute approximate surface area is 248 Å². The molecule has 42 heavy (non-hydrogen) atoms. The van der Waals surface area contributed by atoms with E-state index in [0.717, 1.165) is 45.5 Å². The van der Waals surface area contributed by atoms with Crippen LogP contribution in [0, 0.1) is 13.8 Å². The van der Waals surface area contributed by atoms with Crippen LogP contribution in [-0.2, 0) is 0 Å². The lowest BCUT2D eigenvalue weighted by atomic mass is 10.0. The number of nitrogens with zero attached hydrogens (tertiary/aromatic N) is 5. The molecule has 6 nitrogen and oxygen atoms in total. The zero-order valence-electron chi connectivity index (χ0n) is 25.2. The van der Waals surface area contributed by atoms with Crippen LogP contribution in [0.15, 0.2) is 114 Å². The number of amidine groups is 1. The Hall–Kier alpha value is -4.84. The number of hydrogen-bond acceptors (Lipinski definition) is 5. The van der Waals surface area contributed by atoms with Gasteiger partial charge in [0.2, 0.25) is 0 Å². The highest BCUT2D eigenvalue weighted by molar-refractivity contribution is 6.16. The van der Waals surface area contributed by atoms with E-state index >= 15 is 0 Å². The molecule has 2 heterocycles. The van der Waals surface area contributed by atoms with Gasteiger partial charge in [0.1, 0.15) is 17.0 Å². The molecular formula is C36H38N6. The molecule has 0 amide bonds. The SMILES string of the molecule is Cc1ccc(N2N=C(c3ccccc3)N(c3c(-c4ccccc4)nn(-c4ccc(C)cc4)c3NC(C)C)C2(C)C)cc1. The Kier molecular flexibility index (Phi) is 7.07. The molecule has 1 aliphatic rings. The monoisotopic (exact) mass is 554 g/mol. The molecule has 1 N–H and O–H groups in total. The number of anilines is 3. The molecule has 4 aromatic carbocycles. The standard InChI is InChI=1S/C36H38N6/c1-25(2)37-35-33(32(28-13-9-7-10-14-28)38-41(35)30-21-17-26(3)18-22-30)40-34(29-15-11-8-12-16-29)39-42(36(40,5)6)31-23-19-27(4)20-24-31/h7-25,37H,1-6H3. The largest absolute Gasteiger partial charge is 0.366 e. The maximum Gasteiger partial charge on any atom is 0.163 e. The van der Waals surface area contributed by atoms with Crippen LogP contribution in [0.2, 0.25) is 0 Å². The molecule has 0 saturated heterocycles. The second-order valence-corrected chi connectivity index (χ2v) is 11.7. The van der Waals surface area contributed by atoms with Crippen LogP contribution in [0.4, 0.5) is 17.2 Å². The summed E-state index contributed by atoms with van der Waals surface area (Å²) in [4.78, 5) is 2.35. The summed E-state index contributed by atoms with van der Waals surface area (Å²) >= 11 is 0. The highest BCUT2D eigenvalue weighted by atomic mass is 15.7. The molecule has 1 aliphatic heterocycles. The third-order valence-corrected chi connectivity index (χ3v) is 7.62. The third-order valence-electron chi connectivity index (χ3n) is 7.62. The maximum atomic E-state index is 5.33. The molecule has 212 valence electrons. The van der Waals surface area contributed by atoms with Gasteiger partial charge in [0.05, 0.1) is 11.4 Å². The lowest BCUT2D eigenvalue weighted by Crippen LogP contribution is -2.52. The van der Waals surface area contributed by atoms with Crippen molar-refractivity contribution in [2.75, 3.05) is 15.2 Å². The molecule has 5 aromatic rings. The average molecular weight is 555 g/mol. The molecule has 0 bridgehead atoms. The van der Waals surface area contributed by atoms with Gasteiger partial charge in [-0.15, -0.1) is 0 Å². The number of nitrogens with one attached hydrogen (secondary N) is 1. The van der Waals surface area contributed by atoms with Crippen LogP contribution in [0.1, 0.15) is 44.4 Å². The van der Waals surface area contributed by atoms with E-state index < -0.39 is 5.66 Å². The molecule has 0 aliphatic carbocycles. The zero-order chi connectivity index (χ0) is 29.4. The number of rotatable bonds is 7. The Morgan fingerprint density at radius 2 is 1.19 bits per heavy atom. The summed E-state index contributed by atoms with van der Waals surface area (Å²) < 4.78 is 2.05. The smallest absolute Gasteiger partial charge is 0.163 e. The van der Waals surface area contributed by atoms with Gasteiger partial charge in [-0.2, -0.15) is 10.2 Å². The first-order valence-corrected chi connectivity index (χ1v) is 14.6. The Balaban J connectivity index is 1.65. The summed E-state index contributed by atoms with van der Waals surface area (Å²) in [5.41, 5.74) is 7.84. The van der Waals surface area contributed by atoms with Gasteiger partial charge in [-0.25, -0.2) is 9.69 Å². The van der Waals surface area contributed by atoms with E-state index in [1.165, 1.54) is 11.1 Å². The first-order chi connectivity index (χ1) is 20.2. The summed E-state index contributed by atoms with van der Waals surface area (Å²) in [6.45, 7) is 13.0. The lowest BCUT2D eigenvalue weighted by molar-refractivity contribution is 0.515. The van der Waals surface area contributed by atoms with Gasteiger partial charge in [0.25, 0.3) is 0 Å². The number of hydrazone groups is 1. The predicted molar refractivity (Wildman–Crippen MR) is 176 cm³/mol. The number of aryl methyl sites for hydroxylation is 2. The van der Waals surface area contributed by atoms with Crippen LogP contribution >= 0.6 is 0 Å². The molecule has 6 rings (SSSR count). The first kappa shape index (κ1) is 27.3. The molecule has 0 unspecified atom stereocenters. The molecule has 0 spiro atoms. The van der Waals surface area contributed by atoms with Crippen molar-refractivity contribution in [3.05, 3.63) is 126 Å². The molecule has 0 fully saturated rings. The molecule has 6 heteroatoms. The Morgan fingerprint density at radius 3 is 1.74 bits per heavy atom. The van der Waals surface area contributed by atoms with Crippen LogP contribution in [0.5, 0.6) is 0 Å².